The predicted molar refractivity (Wildman–Crippen MR) is 63.3 cm³/mol. The van der Waals surface area contributed by atoms with E-state index in [4.69, 9.17) is 5.73 Å². The van der Waals surface area contributed by atoms with E-state index in [0.29, 0.717) is 6.54 Å². The summed E-state index contributed by atoms with van der Waals surface area (Å²) in [4.78, 5) is 6.53. The van der Waals surface area contributed by atoms with Crippen LogP contribution in [-0.4, -0.2) is 23.5 Å². The van der Waals surface area contributed by atoms with Gasteiger partial charge in [-0.1, -0.05) is 18.2 Å². The molecular weight excluding hydrogens is 186 g/mol. The number of pyridine rings is 1. The molecule has 1 aromatic rings. The Labute approximate surface area is 91.6 Å². The lowest BCUT2D eigenvalue weighted by molar-refractivity contribution is 0.351. The second kappa shape index (κ2) is 5.63. The molecule has 0 spiro atoms. The number of rotatable bonds is 5. The average molecular weight is 205 g/mol. The number of hydrogen-bond acceptors (Lipinski definition) is 3. The SMILES string of the molecule is C=C(C)CN(C)Cc1ccc(CN)cn1. The van der Waals surface area contributed by atoms with Gasteiger partial charge < -0.3 is 5.73 Å². The zero-order valence-electron chi connectivity index (χ0n) is 9.53. The summed E-state index contributed by atoms with van der Waals surface area (Å²) in [6.45, 7) is 8.21. The van der Waals surface area contributed by atoms with E-state index < -0.39 is 0 Å². The van der Waals surface area contributed by atoms with Crippen LogP contribution in [0, 0.1) is 0 Å². The van der Waals surface area contributed by atoms with Gasteiger partial charge in [0.1, 0.15) is 0 Å². The van der Waals surface area contributed by atoms with Crippen molar-refractivity contribution in [1.82, 2.24) is 9.88 Å². The van der Waals surface area contributed by atoms with Gasteiger partial charge in [-0.25, -0.2) is 0 Å². The van der Waals surface area contributed by atoms with E-state index in [1.807, 2.05) is 25.3 Å². The van der Waals surface area contributed by atoms with Gasteiger partial charge in [0.15, 0.2) is 0 Å². The van der Waals surface area contributed by atoms with Crippen LogP contribution in [0.15, 0.2) is 30.5 Å². The summed E-state index contributed by atoms with van der Waals surface area (Å²) in [5, 5.41) is 0. The van der Waals surface area contributed by atoms with Crippen LogP contribution in [0.25, 0.3) is 0 Å². The first kappa shape index (κ1) is 11.9. The smallest absolute Gasteiger partial charge is 0.0544 e. The quantitative estimate of drug-likeness (QED) is 0.742. The molecule has 3 nitrogen and oxygen atoms in total. The zero-order chi connectivity index (χ0) is 11.3. The maximum atomic E-state index is 5.51. The summed E-state index contributed by atoms with van der Waals surface area (Å²) < 4.78 is 0. The van der Waals surface area contributed by atoms with Gasteiger partial charge in [0, 0.05) is 25.8 Å². The van der Waals surface area contributed by atoms with Crippen molar-refractivity contribution >= 4 is 0 Å². The van der Waals surface area contributed by atoms with Crippen molar-refractivity contribution in [2.24, 2.45) is 5.73 Å². The molecule has 0 saturated heterocycles. The highest BCUT2D eigenvalue weighted by atomic mass is 15.1. The fourth-order valence-corrected chi connectivity index (χ4v) is 1.46. The van der Waals surface area contributed by atoms with Crippen LogP contribution < -0.4 is 5.73 Å². The van der Waals surface area contributed by atoms with Gasteiger partial charge in [-0.15, -0.1) is 0 Å². The van der Waals surface area contributed by atoms with E-state index >= 15 is 0 Å². The Morgan fingerprint density at radius 3 is 2.73 bits per heavy atom. The van der Waals surface area contributed by atoms with Crippen LogP contribution in [0.4, 0.5) is 0 Å². The van der Waals surface area contributed by atoms with Crippen molar-refractivity contribution in [1.29, 1.82) is 0 Å². The third-order valence-electron chi connectivity index (χ3n) is 2.09. The minimum absolute atomic E-state index is 0.550. The second-order valence-electron chi connectivity index (χ2n) is 3.99. The van der Waals surface area contributed by atoms with Crippen molar-refractivity contribution in [3.63, 3.8) is 0 Å². The minimum Gasteiger partial charge on any atom is -0.326 e. The molecule has 82 valence electrons. The first-order valence-electron chi connectivity index (χ1n) is 5.08. The molecule has 1 rings (SSSR count). The van der Waals surface area contributed by atoms with Gasteiger partial charge in [0.2, 0.25) is 0 Å². The molecule has 0 bridgehead atoms. The van der Waals surface area contributed by atoms with E-state index in [9.17, 15) is 0 Å². The van der Waals surface area contributed by atoms with Crippen LogP contribution in [0.2, 0.25) is 0 Å². The lowest BCUT2D eigenvalue weighted by Crippen LogP contribution is -2.20. The largest absolute Gasteiger partial charge is 0.326 e. The maximum Gasteiger partial charge on any atom is 0.0544 e. The van der Waals surface area contributed by atoms with E-state index in [-0.39, 0.29) is 0 Å². The van der Waals surface area contributed by atoms with Gasteiger partial charge >= 0.3 is 0 Å². The minimum atomic E-state index is 0.550. The topological polar surface area (TPSA) is 42.1 Å². The molecule has 0 aliphatic heterocycles. The van der Waals surface area contributed by atoms with Gasteiger partial charge in [-0.3, -0.25) is 9.88 Å². The monoisotopic (exact) mass is 205 g/mol. The number of nitrogens with zero attached hydrogens (tertiary/aromatic N) is 2. The number of likely N-dealkylation sites (N-methyl/N-ethyl adjacent to an activating group) is 1. The molecule has 0 saturated carbocycles. The van der Waals surface area contributed by atoms with Crippen LogP contribution in [0.1, 0.15) is 18.2 Å². The predicted octanol–water partition coefficient (Wildman–Crippen LogP) is 1.55. The van der Waals surface area contributed by atoms with Gasteiger partial charge in [-0.2, -0.15) is 0 Å². The van der Waals surface area contributed by atoms with Gasteiger partial charge in [-0.05, 0) is 25.6 Å². The van der Waals surface area contributed by atoms with Crippen LogP contribution in [-0.2, 0) is 13.1 Å². The molecule has 0 amide bonds. The second-order valence-corrected chi connectivity index (χ2v) is 3.99. The Morgan fingerprint density at radius 2 is 2.27 bits per heavy atom. The molecule has 0 radical (unpaired) electrons. The molecule has 2 N–H and O–H groups in total. The molecule has 1 heterocycles. The number of aromatic nitrogens is 1. The standard InChI is InChI=1S/C12H19N3/c1-10(2)8-15(3)9-12-5-4-11(6-13)7-14-12/h4-5,7H,1,6,8-9,13H2,2-3H3. The summed E-state index contributed by atoms with van der Waals surface area (Å²) >= 11 is 0. The summed E-state index contributed by atoms with van der Waals surface area (Å²) in [6.07, 6.45) is 1.84. The van der Waals surface area contributed by atoms with Crippen molar-refractivity contribution in [2.45, 2.75) is 20.0 Å². The zero-order valence-corrected chi connectivity index (χ0v) is 9.53. The van der Waals surface area contributed by atoms with Crippen molar-refractivity contribution in [2.75, 3.05) is 13.6 Å². The lowest BCUT2D eigenvalue weighted by Gasteiger charge is -2.15. The molecule has 3 heteroatoms. The van der Waals surface area contributed by atoms with Gasteiger partial charge in [0.25, 0.3) is 0 Å². The molecule has 0 aliphatic rings. The normalized spacial score (nSPS) is 10.7. The lowest BCUT2D eigenvalue weighted by atomic mass is 10.2. The molecule has 0 atom stereocenters. The third-order valence-corrected chi connectivity index (χ3v) is 2.09. The first-order valence-corrected chi connectivity index (χ1v) is 5.08. The van der Waals surface area contributed by atoms with E-state index in [1.165, 1.54) is 0 Å². The first-order chi connectivity index (χ1) is 7.11. The average Bonchev–Trinajstić information content (AvgIpc) is 2.17. The fourth-order valence-electron chi connectivity index (χ4n) is 1.46. The molecule has 1 aromatic heterocycles. The Kier molecular flexibility index (Phi) is 4.46. The Morgan fingerprint density at radius 1 is 1.53 bits per heavy atom. The molecule has 15 heavy (non-hydrogen) atoms. The van der Waals surface area contributed by atoms with Crippen molar-refractivity contribution in [3.8, 4) is 0 Å². The Bertz CT molecular complexity index is 316. The highest BCUT2D eigenvalue weighted by Gasteiger charge is 2.01. The summed E-state index contributed by atoms with van der Waals surface area (Å²) in [5.41, 5.74) is 8.80. The van der Waals surface area contributed by atoms with E-state index in [2.05, 4.69) is 23.5 Å². The maximum absolute atomic E-state index is 5.51. The highest BCUT2D eigenvalue weighted by Crippen LogP contribution is 2.03. The molecule has 0 aromatic carbocycles. The number of nitrogens with two attached hydrogens (primary N) is 1. The summed E-state index contributed by atoms with van der Waals surface area (Å²) in [6, 6.07) is 4.05. The molecule has 0 unspecified atom stereocenters. The van der Waals surface area contributed by atoms with E-state index in [0.717, 1.165) is 29.9 Å². The fraction of sp³-hybridized carbons (Fsp3) is 0.417. The van der Waals surface area contributed by atoms with Crippen LogP contribution in [0.5, 0.6) is 0 Å². The van der Waals surface area contributed by atoms with Crippen LogP contribution >= 0.6 is 0 Å². The third kappa shape index (κ3) is 4.23. The Hall–Kier alpha value is -1.19. The molecule has 0 aliphatic carbocycles. The number of hydrogen-bond donors (Lipinski definition) is 1. The van der Waals surface area contributed by atoms with Gasteiger partial charge in [0.05, 0.1) is 5.69 Å². The highest BCUT2D eigenvalue weighted by molar-refractivity contribution is 5.13. The summed E-state index contributed by atoms with van der Waals surface area (Å²) in [7, 11) is 2.06. The Balaban J connectivity index is 2.53. The molecule has 0 fully saturated rings. The van der Waals surface area contributed by atoms with E-state index in [1.54, 1.807) is 0 Å². The summed E-state index contributed by atoms with van der Waals surface area (Å²) in [5.74, 6) is 0. The molecular formula is C12H19N3. The van der Waals surface area contributed by atoms with Crippen LogP contribution in [0.3, 0.4) is 0 Å². The van der Waals surface area contributed by atoms with Crippen molar-refractivity contribution < 1.29 is 0 Å². The van der Waals surface area contributed by atoms with Crippen molar-refractivity contribution in [3.05, 3.63) is 41.7 Å².